The van der Waals surface area contributed by atoms with E-state index in [1.165, 1.54) is 69.8 Å². The first-order chi connectivity index (χ1) is 11.6. The summed E-state index contributed by atoms with van der Waals surface area (Å²) in [5.41, 5.74) is 1.67. The summed E-state index contributed by atoms with van der Waals surface area (Å²) in [7, 11) is 0. The van der Waals surface area contributed by atoms with E-state index in [-0.39, 0.29) is 0 Å². The maximum atomic E-state index is 11.0. The van der Waals surface area contributed by atoms with Crippen LogP contribution >= 0.6 is 0 Å². The van der Waals surface area contributed by atoms with Crippen LogP contribution in [-0.2, 0) is 0 Å². The van der Waals surface area contributed by atoms with Crippen molar-refractivity contribution < 1.29 is 9.90 Å². The summed E-state index contributed by atoms with van der Waals surface area (Å²) in [6.07, 6.45) is 13.4. The van der Waals surface area contributed by atoms with Crippen molar-refractivity contribution in [2.45, 2.75) is 90.9 Å². The molecule has 1 aromatic rings. The zero-order valence-corrected chi connectivity index (χ0v) is 15.9. The first kappa shape index (κ1) is 20.7. The van der Waals surface area contributed by atoms with Gasteiger partial charge in [-0.2, -0.15) is 0 Å². The molecular weight excluding hydrogens is 296 g/mol. The number of hydrogen-bond donors (Lipinski definition) is 1. The highest BCUT2D eigenvalue weighted by Crippen LogP contribution is 2.30. The van der Waals surface area contributed by atoms with Crippen LogP contribution in [0.15, 0.2) is 24.3 Å². The molecule has 1 unspecified atom stereocenters. The second kappa shape index (κ2) is 12.1. The zero-order chi connectivity index (χ0) is 17.8. The average molecular weight is 333 g/mol. The smallest absolute Gasteiger partial charge is 0.335 e. The Morgan fingerprint density at radius 3 is 1.83 bits per heavy atom. The molecule has 1 aromatic carbocycles. The lowest BCUT2D eigenvalue weighted by Crippen LogP contribution is -2.07. The molecule has 2 nitrogen and oxygen atoms in total. The lowest BCUT2D eigenvalue weighted by atomic mass is 9.84. The van der Waals surface area contributed by atoms with Gasteiger partial charge in [0.05, 0.1) is 5.56 Å². The van der Waals surface area contributed by atoms with E-state index < -0.39 is 5.97 Å². The van der Waals surface area contributed by atoms with Crippen molar-refractivity contribution in [2.75, 3.05) is 0 Å². The minimum atomic E-state index is -0.846. The predicted octanol–water partition coefficient (Wildman–Crippen LogP) is 7.05. The van der Waals surface area contributed by atoms with Crippen molar-refractivity contribution in [3.8, 4) is 0 Å². The Labute approximate surface area is 148 Å². The van der Waals surface area contributed by atoms with Crippen molar-refractivity contribution >= 4 is 5.97 Å². The molecule has 1 rings (SSSR count). The number of benzene rings is 1. The zero-order valence-electron chi connectivity index (χ0n) is 15.9. The quantitative estimate of drug-likeness (QED) is 0.393. The van der Waals surface area contributed by atoms with E-state index in [1.807, 2.05) is 12.1 Å². The summed E-state index contributed by atoms with van der Waals surface area (Å²) in [6, 6.07) is 7.48. The summed E-state index contributed by atoms with van der Waals surface area (Å²) in [6.45, 7) is 6.80. The largest absolute Gasteiger partial charge is 0.478 e. The second-order valence-corrected chi connectivity index (χ2v) is 7.39. The predicted molar refractivity (Wildman–Crippen MR) is 103 cm³/mol. The van der Waals surface area contributed by atoms with Crippen molar-refractivity contribution in [1.29, 1.82) is 0 Å². The van der Waals surface area contributed by atoms with Crippen LogP contribution in [0.3, 0.4) is 0 Å². The lowest BCUT2D eigenvalue weighted by molar-refractivity contribution is 0.0697. The number of unbranched alkanes of at least 4 members (excludes halogenated alkanes) is 8. The lowest BCUT2D eigenvalue weighted by Gasteiger charge is -2.21. The normalized spacial score (nSPS) is 12.5. The minimum Gasteiger partial charge on any atom is -0.478 e. The van der Waals surface area contributed by atoms with Gasteiger partial charge in [0, 0.05) is 0 Å². The molecule has 0 aliphatic rings. The van der Waals surface area contributed by atoms with Gasteiger partial charge < -0.3 is 5.11 Å². The number of carbonyl (C=O) groups is 1. The van der Waals surface area contributed by atoms with Crippen LogP contribution < -0.4 is 0 Å². The molecule has 0 fully saturated rings. The van der Waals surface area contributed by atoms with Gasteiger partial charge in [-0.25, -0.2) is 4.79 Å². The van der Waals surface area contributed by atoms with Gasteiger partial charge in [0.1, 0.15) is 0 Å². The van der Waals surface area contributed by atoms with Crippen molar-refractivity contribution in [3.63, 3.8) is 0 Å². The first-order valence-electron chi connectivity index (χ1n) is 9.89. The molecule has 0 saturated heterocycles. The Morgan fingerprint density at radius 1 is 0.875 bits per heavy atom. The van der Waals surface area contributed by atoms with Crippen molar-refractivity contribution in [1.82, 2.24) is 0 Å². The fraction of sp³-hybridized carbons (Fsp3) is 0.682. The highest BCUT2D eigenvalue weighted by molar-refractivity contribution is 5.87. The van der Waals surface area contributed by atoms with Crippen LogP contribution in [-0.4, -0.2) is 11.1 Å². The van der Waals surface area contributed by atoms with Gasteiger partial charge in [-0.15, -0.1) is 0 Å². The van der Waals surface area contributed by atoms with Gasteiger partial charge in [-0.1, -0.05) is 90.7 Å². The maximum absolute atomic E-state index is 11.0. The van der Waals surface area contributed by atoms with E-state index >= 15 is 0 Å². The molecular formula is C22H36O2. The molecule has 1 N–H and O–H groups in total. The summed E-state index contributed by atoms with van der Waals surface area (Å²) in [5, 5.41) is 9.02. The third-order valence-electron chi connectivity index (χ3n) is 5.01. The molecule has 2 heteroatoms. The standard InChI is InChI=1S/C22H36O2/c1-4-5-6-7-8-9-10-11-12-13-21(18(2)3)19-14-16-20(17-15-19)22(23)24/h14-18,21H,4-13H2,1-3H3,(H,23,24). The Balaban J connectivity index is 2.30. The first-order valence-corrected chi connectivity index (χ1v) is 9.89. The fourth-order valence-electron chi connectivity index (χ4n) is 3.43. The van der Waals surface area contributed by atoms with Crippen molar-refractivity contribution in [3.05, 3.63) is 35.4 Å². The molecule has 0 bridgehead atoms. The van der Waals surface area contributed by atoms with Crippen LogP contribution in [0.2, 0.25) is 0 Å². The van der Waals surface area contributed by atoms with Gasteiger partial charge in [0.25, 0.3) is 0 Å². The van der Waals surface area contributed by atoms with E-state index in [9.17, 15) is 4.79 Å². The minimum absolute atomic E-state index is 0.379. The average Bonchev–Trinajstić information content (AvgIpc) is 2.56. The molecule has 0 amide bonds. The molecule has 0 heterocycles. The van der Waals surface area contributed by atoms with Crippen LogP contribution in [0.4, 0.5) is 0 Å². The van der Waals surface area contributed by atoms with E-state index in [0.717, 1.165) is 0 Å². The van der Waals surface area contributed by atoms with Crippen LogP contribution in [0.1, 0.15) is 107 Å². The van der Waals surface area contributed by atoms with Crippen molar-refractivity contribution in [2.24, 2.45) is 5.92 Å². The fourth-order valence-corrected chi connectivity index (χ4v) is 3.43. The number of hydrogen-bond acceptors (Lipinski definition) is 1. The molecule has 24 heavy (non-hydrogen) atoms. The Morgan fingerprint density at radius 2 is 1.38 bits per heavy atom. The van der Waals surface area contributed by atoms with Crippen LogP contribution in [0.25, 0.3) is 0 Å². The molecule has 1 atom stereocenters. The van der Waals surface area contributed by atoms with E-state index in [0.29, 0.717) is 17.4 Å². The highest BCUT2D eigenvalue weighted by atomic mass is 16.4. The number of carboxylic acid groups (broad SMARTS) is 1. The van der Waals surface area contributed by atoms with Crippen LogP contribution in [0, 0.1) is 5.92 Å². The summed E-state index contributed by atoms with van der Waals surface area (Å²) >= 11 is 0. The summed E-state index contributed by atoms with van der Waals surface area (Å²) in [5.74, 6) is 0.286. The molecule has 0 radical (unpaired) electrons. The number of carboxylic acids is 1. The SMILES string of the molecule is CCCCCCCCCCCC(c1ccc(C(=O)O)cc1)C(C)C. The topological polar surface area (TPSA) is 37.3 Å². The molecule has 136 valence electrons. The van der Waals surface area contributed by atoms with E-state index in [4.69, 9.17) is 5.11 Å². The molecule has 0 aromatic heterocycles. The highest BCUT2D eigenvalue weighted by Gasteiger charge is 2.16. The van der Waals surface area contributed by atoms with Gasteiger partial charge in [0.15, 0.2) is 0 Å². The molecule has 0 aliphatic carbocycles. The van der Waals surface area contributed by atoms with E-state index in [1.54, 1.807) is 12.1 Å². The Kier molecular flexibility index (Phi) is 10.5. The van der Waals surface area contributed by atoms with Gasteiger partial charge in [-0.05, 0) is 36.0 Å². The molecule has 0 spiro atoms. The third-order valence-corrected chi connectivity index (χ3v) is 5.01. The van der Waals surface area contributed by atoms with E-state index in [2.05, 4.69) is 20.8 Å². The van der Waals surface area contributed by atoms with Gasteiger partial charge in [0.2, 0.25) is 0 Å². The summed E-state index contributed by atoms with van der Waals surface area (Å²) in [4.78, 5) is 11.0. The van der Waals surface area contributed by atoms with Gasteiger partial charge >= 0.3 is 5.97 Å². The number of rotatable bonds is 13. The number of aromatic carboxylic acids is 1. The van der Waals surface area contributed by atoms with Gasteiger partial charge in [-0.3, -0.25) is 0 Å². The van der Waals surface area contributed by atoms with Crippen LogP contribution in [0.5, 0.6) is 0 Å². The Bertz CT molecular complexity index is 448. The molecule has 0 saturated carbocycles. The monoisotopic (exact) mass is 332 g/mol. The molecule has 0 aliphatic heterocycles. The second-order valence-electron chi connectivity index (χ2n) is 7.39. The summed E-state index contributed by atoms with van der Waals surface area (Å²) < 4.78 is 0. The third kappa shape index (κ3) is 7.99. The maximum Gasteiger partial charge on any atom is 0.335 e. The Hall–Kier alpha value is -1.31.